The molecule has 0 N–H and O–H groups in total. The van der Waals surface area contributed by atoms with E-state index in [1.54, 1.807) is 0 Å². The Morgan fingerprint density at radius 3 is 2.60 bits per heavy atom. The molecular weight excluding hydrogens is 224 g/mol. The molecule has 0 saturated heterocycles. The first-order valence-corrected chi connectivity index (χ1v) is 7.07. The van der Waals surface area contributed by atoms with E-state index in [1.807, 2.05) is 17.8 Å². The monoisotopic (exact) mass is 242 g/mol. The lowest BCUT2D eigenvalue weighted by Gasteiger charge is -2.08. The summed E-state index contributed by atoms with van der Waals surface area (Å²) in [6, 6.07) is 10.5. The molecule has 0 bridgehead atoms. The molecule has 1 aromatic rings. The maximum atomic E-state index is 6.25. The van der Waals surface area contributed by atoms with E-state index in [2.05, 4.69) is 31.2 Å². The molecule has 0 aliphatic carbocycles. The Morgan fingerprint density at radius 2 is 1.93 bits per heavy atom. The number of halogens is 1. The van der Waals surface area contributed by atoms with Crippen molar-refractivity contribution in [2.75, 3.05) is 5.75 Å². The molecule has 0 amide bonds. The topological polar surface area (TPSA) is 0 Å². The number of benzene rings is 1. The normalized spacial score (nSPS) is 12.7. The third kappa shape index (κ3) is 6.11. The zero-order valence-corrected chi connectivity index (χ0v) is 10.9. The van der Waals surface area contributed by atoms with Crippen molar-refractivity contribution in [2.24, 2.45) is 0 Å². The molecule has 0 aliphatic heterocycles. The van der Waals surface area contributed by atoms with E-state index in [-0.39, 0.29) is 0 Å². The van der Waals surface area contributed by atoms with Gasteiger partial charge in [0.05, 0.1) is 0 Å². The Hall–Kier alpha value is -0.140. The molecule has 0 radical (unpaired) electrons. The van der Waals surface area contributed by atoms with E-state index in [4.69, 9.17) is 11.6 Å². The molecule has 0 nitrogen and oxygen atoms in total. The maximum Gasteiger partial charge on any atom is 0.0430 e. The first-order valence-electron chi connectivity index (χ1n) is 5.65. The minimum atomic E-state index is 0.321. The van der Waals surface area contributed by atoms with Crippen molar-refractivity contribution in [3.05, 3.63) is 30.3 Å². The summed E-state index contributed by atoms with van der Waals surface area (Å²) in [7, 11) is 0. The van der Waals surface area contributed by atoms with Gasteiger partial charge in [-0.2, -0.15) is 0 Å². The van der Waals surface area contributed by atoms with Crippen LogP contribution in [0.25, 0.3) is 0 Å². The highest BCUT2D eigenvalue weighted by molar-refractivity contribution is 7.99. The molecule has 0 aliphatic rings. The van der Waals surface area contributed by atoms with Gasteiger partial charge in [-0.25, -0.2) is 0 Å². The smallest absolute Gasteiger partial charge is 0.0430 e. The van der Waals surface area contributed by atoms with Crippen molar-refractivity contribution < 1.29 is 0 Å². The molecule has 1 aromatic carbocycles. The molecule has 0 saturated carbocycles. The predicted molar refractivity (Wildman–Crippen MR) is 70.9 cm³/mol. The number of alkyl halides is 1. The van der Waals surface area contributed by atoms with Gasteiger partial charge in [-0.05, 0) is 18.6 Å². The molecule has 2 heteroatoms. The van der Waals surface area contributed by atoms with Crippen LogP contribution < -0.4 is 0 Å². The van der Waals surface area contributed by atoms with Crippen molar-refractivity contribution in [1.29, 1.82) is 0 Å². The lowest BCUT2D eigenvalue weighted by molar-refractivity contribution is 0.663. The fraction of sp³-hybridized carbons (Fsp3) is 0.538. The summed E-state index contributed by atoms with van der Waals surface area (Å²) in [5.74, 6) is 1.02. The number of thioether (sulfide) groups is 1. The van der Waals surface area contributed by atoms with Crippen LogP contribution in [0.15, 0.2) is 35.2 Å². The van der Waals surface area contributed by atoms with Gasteiger partial charge in [0.2, 0.25) is 0 Å². The predicted octanol–water partition coefficient (Wildman–Crippen LogP) is 4.97. The number of hydrogen-bond donors (Lipinski definition) is 0. The average Bonchev–Trinajstić information content (AvgIpc) is 2.28. The molecule has 1 rings (SSSR count). The third-order valence-electron chi connectivity index (χ3n) is 2.29. The highest BCUT2D eigenvalue weighted by Crippen LogP contribution is 2.22. The van der Waals surface area contributed by atoms with E-state index in [0.717, 1.165) is 12.2 Å². The number of hydrogen-bond acceptors (Lipinski definition) is 1. The molecule has 84 valence electrons. The van der Waals surface area contributed by atoms with Gasteiger partial charge in [0.15, 0.2) is 0 Å². The van der Waals surface area contributed by atoms with Gasteiger partial charge in [-0.15, -0.1) is 23.4 Å². The Labute approximate surface area is 102 Å². The second kappa shape index (κ2) is 8.06. The van der Waals surface area contributed by atoms with Crippen LogP contribution in [-0.2, 0) is 0 Å². The van der Waals surface area contributed by atoms with Crippen LogP contribution in [0.2, 0.25) is 0 Å². The molecule has 0 spiro atoms. The van der Waals surface area contributed by atoms with Crippen LogP contribution in [-0.4, -0.2) is 11.1 Å². The van der Waals surface area contributed by atoms with Crippen LogP contribution >= 0.6 is 23.4 Å². The maximum absolute atomic E-state index is 6.25. The standard InChI is InChI=1S/C13H19ClS/c1-2-3-5-8-12(14)11-15-13-9-6-4-7-10-13/h4,6-7,9-10,12H,2-3,5,8,11H2,1H3. The van der Waals surface area contributed by atoms with Crippen LogP contribution in [0.4, 0.5) is 0 Å². The largest absolute Gasteiger partial charge is 0.125 e. The van der Waals surface area contributed by atoms with Crippen molar-refractivity contribution in [3.8, 4) is 0 Å². The summed E-state index contributed by atoms with van der Waals surface area (Å²) in [5, 5.41) is 0.321. The highest BCUT2D eigenvalue weighted by Gasteiger charge is 2.04. The second-order valence-corrected chi connectivity index (χ2v) is 5.43. The zero-order chi connectivity index (χ0) is 10.9. The van der Waals surface area contributed by atoms with E-state index in [9.17, 15) is 0 Å². The van der Waals surface area contributed by atoms with Crippen molar-refractivity contribution >= 4 is 23.4 Å². The quantitative estimate of drug-likeness (QED) is 0.370. The van der Waals surface area contributed by atoms with Crippen LogP contribution in [0.1, 0.15) is 32.6 Å². The fourth-order valence-electron chi connectivity index (χ4n) is 1.40. The minimum absolute atomic E-state index is 0.321. The Bertz CT molecular complexity index is 248. The number of unbranched alkanes of at least 4 members (excludes halogenated alkanes) is 2. The molecule has 1 unspecified atom stereocenters. The van der Waals surface area contributed by atoms with Crippen LogP contribution in [0.3, 0.4) is 0 Å². The first-order chi connectivity index (χ1) is 7.33. The summed E-state index contributed by atoms with van der Waals surface area (Å²) in [4.78, 5) is 1.32. The molecule has 15 heavy (non-hydrogen) atoms. The van der Waals surface area contributed by atoms with E-state index >= 15 is 0 Å². The molecular formula is C13H19ClS. The highest BCUT2D eigenvalue weighted by atomic mass is 35.5. The van der Waals surface area contributed by atoms with Gasteiger partial charge >= 0.3 is 0 Å². The van der Waals surface area contributed by atoms with E-state index in [1.165, 1.54) is 24.2 Å². The second-order valence-electron chi connectivity index (χ2n) is 3.72. The summed E-state index contributed by atoms with van der Waals surface area (Å²) >= 11 is 8.10. The molecule has 0 heterocycles. The van der Waals surface area contributed by atoms with Crippen molar-refractivity contribution in [3.63, 3.8) is 0 Å². The Balaban J connectivity index is 2.14. The van der Waals surface area contributed by atoms with Gasteiger partial charge in [-0.3, -0.25) is 0 Å². The van der Waals surface area contributed by atoms with E-state index in [0.29, 0.717) is 5.38 Å². The van der Waals surface area contributed by atoms with Gasteiger partial charge < -0.3 is 0 Å². The van der Waals surface area contributed by atoms with Gasteiger partial charge in [0, 0.05) is 16.0 Å². The van der Waals surface area contributed by atoms with Gasteiger partial charge in [0.1, 0.15) is 0 Å². The van der Waals surface area contributed by atoms with Gasteiger partial charge in [0.25, 0.3) is 0 Å². The summed E-state index contributed by atoms with van der Waals surface area (Å²) < 4.78 is 0. The average molecular weight is 243 g/mol. The molecule has 1 atom stereocenters. The van der Waals surface area contributed by atoms with Crippen molar-refractivity contribution in [1.82, 2.24) is 0 Å². The van der Waals surface area contributed by atoms with Crippen LogP contribution in [0.5, 0.6) is 0 Å². The zero-order valence-electron chi connectivity index (χ0n) is 9.29. The lowest BCUT2D eigenvalue weighted by atomic mass is 10.2. The molecule has 0 fully saturated rings. The fourth-order valence-corrected chi connectivity index (χ4v) is 2.64. The molecule has 0 aromatic heterocycles. The SMILES string of the molecule is CCCCCC(Cl)CSc1ccccc1. The summed E-state index contributed by atoms with van der Waals surface area (Å²) in [6.07, 6.45) is 4.99. The summed E-state index contributed by atoms with van der Waals surface area (Å²) in [6.45, 7) is 2.22. The number of rotatable bonds is 7. The minimum Gasteiger partial charge on any atom is -0.125 e. The first kappa shape index (κ1) is 12.9. The Morgan fingerprint density at radius 1 is 1.20 bits per heavy atom. The third-order valence-corrected chi connectivity index (χ3v) is 4.02. The van der Waals surface area contributed by atoms with Crippen molar-refractivity contribution in [2.45, 2.75) is 42.9 Å². The Kier molecular flexibility index (Phi) is 6.95. The van der Waals surface area contributed by atoms with Gasteiger partial charge in [-0.1, -0.05) is 44.4 Å². The van der Waals surface area contributed by atoms with E-state index < -0.39 is 0 Å². The summed E-state index contributed by atoms with van der Waals surface area (Å²) in [5.41, 5.74) is 0. The van der Waals surface area contributed by atoms with Crippen LogP contribution in [0, 0.1) is 0 Å². The lowest BCUT2D eigenvalue weighted by Crippen LogP contribution is -2.01.